The van der Waals surface area contributed by atoms with Crippen molar-refractivity contribution in [2.75, 3.05) is 7.11 Å². The number of rotatable bonds is 3. The van der Waals surface area contributed by atoms with E-state index in [0.717, 1.165) is 16.8 Å². The van der Waals surface area contributed by atoms with Crippen molar-refractivity contribution in [3.05, 3.63) is 47.5 Å². The van der Waals surface area contributed by atoms with Crippen LogP contribution >= 0.6 is 0 Å². The molecule has 0 saturated heterocycles. The molecule has 0 radical (unpaired) electrons. The lowest BCUT2D eigenvalue weighted by Crippen LogP contribution is -2.07. The molecule has 0 N–H and O–H groups in total. The highest BCUT2D eigenvalue weighted by molar-refractivity contribution is 5.98. The summed E-state index contributed by atoms with van der Waals surface area (Å²) in [7, 11) is 1.36. The summed E-state index contributed by atoms with van der Waals surface area (Å²) < 4.78 is 19.9. The van der Waals surface area contributed by atoms with E-state index in [-0.39, 0.29) is 17.8 Å². The Morgan fingerprint density at radius 3 is 2.35 bits per heavy atom. The molecule has 2 aromatic rings. The standard InChI is InChI=1S/C16H18FNO2/c1-10(2)18-9-14(12-5-7-13(17)8-6-12)15(11(18)3)16(19)20-4/h5-10H,1-4H3. The van der Waals surface area contributed by atoms with E-state index in [2.05, 4.69) is 0 Å². The van der Waals surface area contributed by atoms with Gasteiger partial charge in [0.1, 0.15) is 5.82 Å². The van der Waals surface area contributed by atoms with Crippen LogP contribution in [0, 0.1) is 12.7 Å². The van der Waals surface area contributed by atoms with Gasteiger partial charge in [-0.15, -0.1) is 0 Å². The molecule has 20 heavy (non-hydrogen) atoms. The third-order valence-corrected chi connectivity index (χ3v) is 3.39. The van der Waals surface area contributed by atoms with Crippen molar-refractivity contribution < 1.29 is 13.9 Å². The number of methoxy groups -OCH3 is 1. The van der Waals surface area contributed by atoms with Crippen molar-refractivity contribution in [1.82, 2.24) is 4.57 Å². The van der Waals surface area contributed by atoms with Crippen LogP contribution < -0.4 is 0 Å². The predicted octanol–water partition coefficient (Wildman–Crippen LogP) is 3.97. The van der Waals surface area contributed by atoms with Gasteiger partial charge in [-0.2, -0.15) is 0 Å². The number of carbonyl (C=O) groups is 1. The van der Waals surface area contributed by atoms with Crippen molar-refractivity contribution in [3.63, 3.8) is 0 Å². The summed E-state index contributed by atoms with van der Waals surface area (Å²) in [5.41, 5.74) is 2.95. The fourth-order valence-electron chi connectivity index (χ4n) is 2.37. The average molecular weight is 275 g/mol. The molecule has 0 saturated carbocycles. The maximum Gasteiger partial charge on any atom is 0.340 e. The van der Waals surface area contributed by atoms with Gasteiger partial charge in [0.2, 0.25) is 0 Å². The van der Waals surface area contributed by atoms with E-state index in [1.165, 1.54) is 19.2 Å². The van der Waals surface area contributed by atoms with Crippen LogP contribution in [-0.2, 0) is 4.74 Å². The first kappa shape index (κ1) is 14.3. The molecule has 1 aromatic carbocycles. The summed E-state index contributed by atoms with van der Waals surface area (Å²) in [4.78, 5) is 12.0. The second-order valence-corrected chi connectivity index (χ2v) is 5.00. The van der Waals surface area contributed by atoms with Gasteiger partial charge in [0.15, 0.2) is 0 Å². The van der Waals surface area contributed by atoms with Gasteiger partial charge >= 0.3 is 5.97 Å². The lowest BCUT2D eigenvalue weighted by atomic mass is 10.0. The highest BCUT2D eigenvalue weighted by atomic mass is 19.1. The Bertz CT molecular complexity index is 627. The molecule has 4 heteroatoms. The van der Waals surface area contributed by atoms with E-state index in [0.29, 0.717) is 5.56 Å². The molecule has 0 fully saturated rings. The first-order chi connectivity index (χ1) is 9.45. The maximum atomic E-state index is 13.0. The number of esters is 1. The Morgan fingerprint density at radius 2 is 1.85 bits per heavy atom. The number of carbonyl (C=O) groups excluding carboxylic acids is 1. The molecule has 2 rings (SSSR count). The minimum absolute atomic E-state index is 0.229. The second-order valence-electron chi connectivity index (χ2n) is 5.00. The second kappa shape index (κ2) is 5.49. The third-order valence-electron chi connectivity index (χ3n) is 3.39. The van der Waals surface area contributed by atoms with Gasteiger partial charge in [-0.25, -0.2) is 9.18 Å². The van der Waals surface area contributed by atoms with E-state index in [4.69, 9.17) is 4.74 Å². The molecule has 0 aliphatic carbocycles. The molecule has 1 aromatic heterocycles. The Kier molecular flexibility index (Phi) is 3.93. The van der Waals surface area contributed by atoms with Crippen molar-refractivity contribution in [3.8, 4) is 11.1 Å². The highest BCUT2D eigenvalue weighted by Crippen LogP contribution is 2.30. The number of hydrogen-bond acceptors (Lipinski definition) is 2. The quantitative estimate of drug-likeness (QED) is 0.794. The molecule has 3 nitrogen and oxygen atoms in total. The minimum Gasteiger partial charge on any atom is -0.465 e. The lowest BCUT2D eigenvalue weighted by Gasteiger charge is -2.10. The Labute approximate surface area is 118 Å². The van der Waals surface area contributed by atoms with Crippen LogP contribution in [0.15, 0.2) is 30.5 Å². The van der Waals surface area contributed by atoms with E-state index in [9.17, 15) is 9.18 Å². The number of halogens is 1. The number of benzene rings is 1. The maximum absolute atomic E-state index is 13.0. The van der Waals surface area contributed by atoms with Gasteiger partial charge in [0.25, 0.3) is 0 Å². The molecule has 0 amide bonds. The summed E-state index contributed by atoms with van der Waals surface area (Å²) in [6.07, 6.45) is 1.92. The zero-order valence-corrected chi connectivity index (χ0v) is 12.1. The molecule has 0 spiro atoms. The Balaban J connectivity index is 2.64. The summed E-state index contributed by atoms with van der Waals surface area (Å²) >= 11 is 0. The van der Waals surface area contributed by atoms with Crippen LogP contribution in [-0.4, -0.2) is 17.6 Å². The van der Waals surface area contributed by atoms with Gasteiger partial charge in [0, 0.05) is 23.5 Å². The molecule has 0 aliphatic rings. The number of aromatic nitrogens is 1. The monoisotopic (exact) mass is 275 g/mol. The normalized spacial score (nSPS) is 10.9. The molecular weight excluding hydrogens is 257 g/mol. The van der Waals surface area contributed by atoms with Gasteiger partial charge < -0.3 is 9.30 Å². The van der Waals surface area contributed by atoms with Crippen LogP contribution in [0.1, 0.15) is 35.9 Å². The van der Waals surface area contributed by atoms with Gasteiger partial charge in [-0.3, -0.25) is 0 Å². The molecule has 0 aliphatic heterocycles. The summed E-state index contributed by atoms with van der Waals surface area (Å²) in [5.74, 6) is -0.672. The highest BCUT2D eigenvalue weighted by Gasteiger charge is 2.21. The fourth-order valence-corrected chi connectivity index (χ4v) is 2.37. The van der Waals surface area contributed by atoms with E-state index >= 15 is 0 Å². The van der Waals surface area contributed by atoms with Crippen molar-refractivity contribution in [2.24, 2.45) is 0 Å². The van der Waals surface area contributed by atoms with Crippen molar-refractivity contribution >= 4 is 5.97 Å². The Morgan fingerprint density at radius 1 is 1.25 bits per heavy atom. The molecule has 0 bridgehead atoms. The lowest BCUT2D eigenvalue weighted by molar-refractivity contribution is 0.0600. The average Bonchev–Trinajstić information content (AvgIpc) is 2.76. The molecule has 0 unspecified atom stereocenters. The SMILES string of the molecule is COC(=O)c1c(-c2ccc(F)cc2)cn(C(C)C)c1C. The summed E-state index contributed by atoms with van der Waals surface area (Å²) in [6.45, 7) is 5.98. The minimum atomic E-state index is -0.374. The van der Waals surface area contributed by atoms with E-state index in [1.54, 1.807) is 12.1 Å². The van der Waals surface area contributed by atoms with Crippen LogP contribution in [0.2, 0.25) is 0 Å². The first-order valence-corrected chi connectivity index (χ1v) is 6.51. The molecule has 106 valence electrons. The summed E-state index contributed by atoms with van der Waals surface area (Å²) in [6, 6.07) is 6.34. The van der Waals surface area contributed by atoms with Crippen LogP contribution in [0.5, 0.6) is 0 Å². The van der Waals surface area contributed by atoms with Crippen LogP contribution in [0.25, 0.3) is 11.1 Å². The largest absolute Gasteiger partial charge is 0.465 e. The van der Waals surface area contributed by atoms with Crippen molar-refractivity contribution in [2.45, 2.75) is 26.8 Å². The van der Waals surface area contributed by atoms with E-state index < -0.39 is 0 Å². The van der Waals surface area contributed by atoms with Crippen LogP contribution in [0.3, 0.4) is 0 Å². The first-order valence-electron chi connectivity index (χ1n) is 6.51. The molecular formula is C16H18FNO2. The van der Waals surface area contributed by atoms with Crippen LogP contribution in [0.4, 0.5) is 4.39 Å². The third kappa shape index (κ3) is 2.46. The van der Waals surface area contributed by atoms with Gasteiger partial charge in [-0.05, 0) is 38.5 Å². The van der Waals surface area contributed by atoms with Crippen molar-refractivity contribution in [1.29, 1.82) is 0 Å². The zero-order chi connectivity index (χ0) is 14.9. The number of hydrogen-bond donors (Lipinski definition) is 0. The smallest absolute Gasteiger partial charge is 0.340 e. The Hall–Kier alpha value is -2.10. The number of ether oxygens (including phenoxy) is 1. The fraction of sp³-hybridized carbons (Fsp3) is 0.312. The molecule has 1 heterocycles. The zero-order valence-electron chi connectivity index (χ0n) is 12.1. The predicted molar refractivity (Wildman–Crippen MR) is 76.3 cm³/mol. The van der Waals surface area contributed by atoms with Gasteiger partial charge in [0.05, 0.1) is 12.7 Å². The summed E-state index contributed by atoms with van der Waals surface area (Å²) in [5, 5.41) is 0. The van der Waals surface area contributed by atoms with E-state index in [1.807, 2.05) is 31.5 Å². The number of nitrogens with zero attached hydrogens (tertiary/aromatic N) is 1. The van der Waals surface area contributed by atoms with Gasteiger partial charge in [-0.1, -0.05) is 12.1 Å². The molecule has 0 atom stereocenters. The topological polar surface area (TPSA) is 31.2 Å².